The second-order valence-electron chi connectivity index (χ2n) is 5.62. The maximum Gasteiger partial charge on any atom is 0.426 e. The molecule has 0 bridgehead atoms. The molecule has 28 heavy (non-hydrogen) atoms. The van der Waals surface area contributed by atoms with E-state index >= 15 is 0 Å². The van der Waals surface area contributed by atoms with Gasteiger partial charge in [-0.1, -0.05) is 15.9 Å². The van der Waals surface area contributed by atoms with Crippen molar-refractivity contribution in [3.8, 4) is 16.9 Å². The molecule has 3 rings (SSSR count). The SMILES string of the molecule is Fc1cc(OC(F)(F)c2ccc(Br)cc2)ccc1-c1cc(F)c(F)c(F)c1F. The third kappa shape index (κ3) is 3.84. The van der Waals surface area contributed by atoms with Crippen molar-refractivity contribution in [2.75, 3.05) is 0 Å². The minimum absolute atomic E-state index is 0.267. The molecule has 0 amide bonds. The van der Waals surface area contributed by atoms with Crippen LogP contribution in [-0.2, 0) is 6.11 Å². The zero-order valence-electron chi connectivity index (χ0n) is 13.6. The summed E-state index contributed by atoms with van der Waals surface area (Å²) in [6.07, 6.45) is -3.81. The van der Waals surface area contributed by atoms with E-state index in [9.17, 15) is 30.7 Å². The summed E-state index contributed by atoms with van der Waals surface area (Å²) in [4.78, 5) is 0. The molecule has 0 aliphatic carbocycles. The molecular formula is C19H8BrF7O. The average Bonchev–Trinajstić information content (AvgIpc) is 2.63. The highest BCUT2D eigenvalue weighted by molar-refractivity contribution is 9.10. The normalized spacial score (nSPS) is 11.6. The minimum atomic E-state index is -3.81. The van der Waals surface area contributed by atoms with E-state index < -0.39 is 57.6 Å². The second-order valence-corrected chi connectivity index (χ2v) is 6.53. The molecule has 146 valence electrons. The Morgan fingerprint density at radius 2 is 1.32 bits per heavy atom. The summed E-state index contributed by atoms with van der Waals surface area (Å²) in [5, 5.41) is 0. The van der Waals surface area contributed by atoms with Crippen molar-refractivity contribution in [3.05, 3.63) is 87.7 Å². The molecule has 0 aromatic heterocycles. The molecule has 0 radical (unpaired) electrons. The molecule has 0 saturated heterocycles. The Hall–Kier alpha value is -2.55. The van der Waals surface area contributed by atoms with E-state index in [1.165, 1.54) is 12.1 Å². The predicted molar refractivity (Wildman–Crippen MR) is 90.3 cm³/mol. The summed E-state index contributed by atoms with van der Waals surface area (Å²) in [7, 11) is 0. The first-order chi connectivity index (χ1) is 13.1. The molecule has 0 N–H and O–H groups in total. The molecule has 0 spiro atoms. The first-order valence-electron chi connectivity index (χ1n) is 7.56. The van der Waals surface area contributed by atoms with Crippen LogP contribution in [0.1, 0.15) is 5.56 Å². The lowest BCUT2D eigenvalue weighted by atomic mass is 10.0. The second kappa shape index (κ2) is 7.46. The molecule has 3 aromatic carbocycles. The maximum atomic E-state index is 14.3. The van der Waals surface area contributed by atoms with Crippen LogP contribution >= 0.6 is 15.9 Å². The van der Waals surface area contributed by atoms with E-state index in [-0.39, 0.29) is 6.07 Å². The van der Waals surface area contributed by atoms with Crippen molar-refractivity contribution in [2.45, 2.75) is 6.11 Å². The summed E-state index contributed by atoms with van der Waals surface area (Å²) in [5.74, 6) is -9.61. The van der Waals surface area contributed by atoms with E-state index in [4.69, 9.17) is 0 Å². The summed E-state index contributed by atoms with van der Waals surface area (Å²) >= 11 is 3.10. The highest BCUT2D eigenvalue weighted by Gasteiger charge is 2.34. The lowest BCUT2D eigenvalue weighted by Crippen LogP contribution is -2.21. The average molecular weight is 465 g/mol. The molecule has 0 aliphatic heterocycles. The van der Waals surface area contributed by atoms with Gasteiger partial charge in [0.25, 0.3) is 0 Å². The smallest absolute Gasteiger partial charge is 0.426 e. The zero-order valence-corrected chi connectivity index (χ0v) is 15.1. The fourth-order valence-corrected chi connectivity index (χ4v) is 2.66. The predicted octanol–water partition coefficient (Wildman–Crippen LogP) is 6.94. The third-order valence-corrected chi connectivity index (χ3v) is 4.29. The molecule has 0 unspecified atom stereocenters. The molecule has 9 heteroatoms. The van der Waals surface area contributed by atoms with E-state index in [1.807, 2.05) is 0 Å². The van der Waals surface area contributed by atoms with Crippen molar-refractivity contribution < 1.29 is 35.5 Å². The number of hydrogen-bond acceptors (Lipinski definition) is 1. The molecule has 0 saturated carbocycles. The number of benzene rings is 3. The van der Waals surface area contributed by atoms with Gasteiger partial charge in [0.2, 0.25) is 0 Å². The van der Waals surface area contributed by atoms with Crippen molar-refractivity contribution >= 4 is 15.9 Å². The van der Waals surface area contributed by atoms with Gasteiger partial charge in [0.15, 0.2) is 23.3 Å². The Balaban J connectivity index is 1.94. The van der Waals surface area contributed by atoms with Crippen molar-refractivity contribution in [3.63, 3.8) is 0 Å². The van der Waals surface area contributed by atoms with Crippen molar-refractivity contribution in [1.29, 1.82) is 0 Å². The highest BCUT2D eigenvalue weighted by Crippen LogP contribution is 2.35. The molecular weight excluding hydrogens is 457 g/mol. The van der Waals surface area contributed by atoms with Gasteiger partial charge in [-0.25, -0.2) is 22.0 Å². The Morgan fingerprint density at radius 3 is 1.93 bits per heavy atom. The lowest BCUT2D eigenvalue weighted by Gasteiger charge is -2.19. The molecule has 0 heterocycles. The standard InChI is InChI=1S/C19H8BrF7O/c20-10-3-1-9(2-4-10)19(26,27)28-11-5-6-12(14(21)7-11)13-8-15(22)17(24)18(25)16(13)23/h1-8H. The van der Waals surface area contributed by atoms with Crippen LogP contribution in [0.3, 0.4) is 0 Å². The largest absolute Gasteiger partial charge is 0.429 e. The first kappa shape index (κ1) is 20.2. The summed E-state index contributed by atoms with van der Waals surface area (Å²) in [6, 6.07) is 7.32. The Bertz CT molecular complexity index is 1040. The summed E-state index contributed by atoms with van der Waals surface area (Å²) in [6.45, 7) is 0. The number of hydrogen-bond donors (Lipinski definition) is 0. The van der Waals surface area contributed by atoms with Crippen LogP contribution in [0, 0.1) is 29.1 Å². The van der Waals surface area contributed by atoms with Gasteiger partial charge >= 0.3 is 6.11 Å². The molecule has 0 atom stereocenters. The van der Waals surface area contributed by atoms with Crippen LogP contribution in [0.2, 0.25) is 0 Å². The van der Waals surface area contributed by atoms with Crippen LogP contribution in [0.15, 0.2) is 53.0 Å². The van der Waals surface area contributed by atoms with Crippen molar-refractivity contribution in [1.82, 2.24) is 0 Å². The summed E-state index contributed by atoms with van der Waals surface area (Å²) < 4.78 is 101. The number of ether oxygens (including phenoxy) is 1. The van der Waals surface area contributed by atoms with Gasteiger partial charge in [-0.15, -0.1) is 0 Å². The molecule has 1 nitrogen and oxygen atoms in total. The zero-order chi connectivity index (χ0) is 20.6. The number of halogens is 8. The van der Waals surface area contributed by atoms with E-state index in [0.717, 1.165) is 24.3 Å². The topological polar surface area (TPSA) is 9.23 Å². The molecule has 3 aromatic rings. The van der Waals surface area contributed by atoms with Crippen LogP contribution in [0.4, 0.5) is 30.7 Å². The highest BCUT2D eigenvalue weighted by atomic mass is 79.9. The quantitative estimate of drug-likeness (QED) is 0.231. The Labute approximate surface area is 162 Å². The minimum Gasteiger partial charge on any atom is -0.429 e. The lowest BCUT2D eigenvalue weighted by molar-refractivity contribution is -0.185. The van der Waals surface area contributed by atoms with E-state index in [2.05, 4.69) is 20.7 Å². The van der Waals surface area contributed by atoms with Gasteiger partial charge in [-0.3, -0.25) is 0 Å². The molecule has 0 fully saturated rings. The fourth-order valence-electron chi connectivity index (χ4n) is 2.40. The van der Waals surface area contributed by atoms with Gasteiger partial charge in [0.05, 0.1) is 5.56 Å². The van der Waals surface area contributed by atoms with E-state index in [1.54, 1.807) is 0 Å². The van der Waals surface area contributed by atoms with Crippen molar-refractivity contribution in [2.24, 2.45) is 0 Å². The molecule has 0 aliphatic rings. The van der Waals surface area contributed by atoms with Gasteiger partial charge in [-0.2, -0.15) is 8.78 Å². The first-order valence-corrected chi connectivity index (χ1v) is 8.35. The Kier molecular flexibility index (Phi) is 5.38. The fraction of sp³-hybridized carbons (Fsp3) is 0.0526. The van der Waals surface area contributed by atoms with Crippen LogP contribution in [0.25, 0.3) is 11.1 Å². The van der Waals surface area contributed by atoms with Gasteiger partial charge in [0, 0.05) is 21.7 Å². The summed E-state index contributed by atoms with van der Waals surface area (Å²) in [5.41, 5.74) is -2.07. The monoisotopic (exact) mass is 464 g/mol. The third-order valence-electron chi connectivity index (χ3n) is 3.76. The van der Waals surface area contributed by atoms with Crippen LogP contribution < -0.4 is 4.74 Å². The van der Waals surface area contributed by atoms with E-state index in [0.29, 0.717) is 10.5 Å². The Morgan fingerprint density at radius 1 is 0.679 bits per heavy atom. The van der Waals surface area contributed by atoms with Crippen LogP contribution in [0.5, 0.6) is 5.75 Å². The van der Waals surface area contributed by atoms with Crippen LogP contribution in [-0.4, -0.2) is 0 Å². The van der Waals surface area contributed by atoms with Gasteiger partial charge < -0.3 is 4.74 Å². The van der Waals surface area contributed by atoms with Gasteiger partial charge in [-0.05, 0) is 42.5 Å². The number of alkyl halides is 2. The van der Waals surface area contributed by atoms with Gasteiger partial charge in [0.1, 0.15) is 11.6 Å². The number of rotatable bonds is 4. The maximum absolute atomic E-state index is 14.3.